The number of ketones is 1. The summed E-state index contributed by atoms with van der Waals surface area (Å²) in [5.41, 5.74) is 2.91. The van der Waals surface area contributed by atoms with Gasteiger partial charge in [0.1, 0.15) is 0 Å². The van der Waals surface area contributed by atoms with Crippen LogP contribution in [0.25, 0.3) is 10.7 Å². The first-order chi connectivity index (χ1) is 11.6. The highest BCUT2D eigenvalue weighted by Crippen LogP contribution is 2.27. The average molecular weight is 358 g/mol. The van der Waals surface area contributed by atoms with Crippen molar-refractivity contribution in [1.82, 2.24) is 14.8 Å². The number of rotatable bonds is 6. The molecule has 3 aromatic rings. The number of hydrogen-bond acceptors (Lipinski definition) is 5. The number of thioether (sulfide) groups is 1. The van der Waals surface area contributed by atoms with Gasteiger partial charge in [-0.05, 0) is 43.8 Å². The minimum absolute atomic E-state index is 0.129. The van der Waals surface area contributed by atoms with Gasteiger partial charge < -0.3 is 4.57 Å². The van der Waals surface area contributed by atoms with E-state index in [4.69, 9.17) is 0 Å². The third kappa shape index (κ3) is 3.44. The lowest BCUT2D eigenvalue weighted by Crippen LogP contribution is -2.07. The number of Topliss-reactive ketones (excluding diaryl/α,β-unsaturated/α-hetero) is 1. The standard InChI is InChI=1S/C18H19N3OS2/c1-4-21-17(16-6-5-9-23-16)19-20-18(21)24-11-15(22)14-10-12(2)7-8-13(14)3/h5-10H,4,11H2,1-3H3. The maximum absolute atomic E-state index is 12.5. The number of hydrogen-bond donors (Lipinski definition) is 0. The quantitative estimate of drug-likeness (QED) is 0.477. The van der Waals surface area contributed by atoms with Crippen molar-refractivity contribution in [2.75, 3.05) is 5.75 Å². The molecule has 124 valence electrons. The van der Waals surface area contributed by atoms with Crippen molar-refractivity contribution >= 4 is 28.9 Å². The van der Waals surface area contributed by atoms with Crippen molar-refractivity contribution in [3.05, 3.63) is 52.4 Å². The Hall–Kier alpha value is -1.92. The average Bonchev–Trinajstić information content (AvgIpc) is 3.23. The molecule has 0 fully saturated rings. The Morgan fingerprint density at radius 1 is 1.25 bits per heavy atom. The summed E-state index contributed by atoms with van der Waals surface area (Å²) in [6.07, 6.45) is 0. The van der Waals surface area contributed by atoms with Gasteiger partial charge in [-0.3, -0.25) is 4.79 Å². The molecule has 0 aliphatic rings. The zero-order valence-corrected chi connectivity index (χ0v) is 15.6. The molecule has 24 heavy (non-hydrogen) atoms. The summed E-state index contributed by atoms with van der Waals surface area (Å²) in [5.74, 6) is 1.37. The van der Waals surface area contributed by atoms with Crippen LogP contribution in [0.4, 0.5) is 0 Å². The Labute approximate surface area is 149 Å². The summed E-state index contributed by atoms with van der Waals surface area (Å²) < 4.78 is 2.06. The maximum Gasteiger partial charge on any atom is 0.191 e. The minimum Gasteiger partial charge on any atom is -0.302 e. The van der Waals surface area contributed by atoms with Crippen LogP contribution in [0, 0.1) is 13.8 Å². The van der Waals surface area contributed by atoms with E-state index in [1.807, 2.05) is 49.6 Å². The van der Waals surface area contributed by atoms with Crippen molar-refractivity contribution in [1.29, 1.82) is 0 Å². The molecule has 6 heteroatoms. The summed E-state index contributed by atoms with van der Waals surface area (Å²) in [5, 5.41) is 11.4. The molecule has 2 heterocycles. The first-order valence-corrected chi connectivity index (χ1v) is 9.67. The monoisotopic (exact) mass is 357 g/mol. The second kappa shape index (κ2) is 7.32. The Morgan fingerprint density at radius 3 is 2.79 bits per heavy atom. The second-order valence-electron chi connectivity index (χ2n) is 5.56. The molecule has 0 saturated carbocycles. The maximum atomic E-state index is 12.5. The van der Waals surface area contributed by atoms with Crippen LogP contribution in [0.15, 0.2) is 40.9 Å². The molecule has 0 N–H and O–H groups in total. The lowest BCUT2D eigenvalue weighted by atomic mass is 10.0. The van der Waals surface area contributed by atoms with Gasteiger partial charge in [-0.15, -0.1) is 21.5 Å². The van der Waals surface area contributed by atoms with Crippen LogP contribution < -0.4 is 0 Å². The Kier molecular flexibility index (Phi) is 5.16. The van der Waals surface area contributed by atoms with Gasteiger partial charge in [0.25, 0.3) is 0 Å². The number of thiophene rings is 1. The minimum atomic E-state index is 0.129. The molecule has 3 rings (SSSR count). The van der Waals surface area contributed by atoms with Gasteiger partial charge in [0.2, 0.25) is 0 Å². The fourth-order valence-electron chi connectivity index (χ4n) is 2.51. The number of carbonyl (C=O) groups excluding carboxylic acids is 1. The number of aromatic nitrogens is 3. The van der Waals surface area contributed by atoms with E-state index in [0.29, 0.717) is 5.75 Å². The third-order valence-electron chi connectivity index (χ3n) is 3.80. The largest absolute Gasteiger partial charge is 0.302 e. The molecular formula is C18H19N3OS2. The molecule has 0 aliphatic heterocycles. The van der Waals surface area contributed by atoms with Gasteiger partial charge in [0.05, 0.1) is 10.6 Å². The molecule has 0 saturated heterocycles. The molecule has 0 bridgehead atoms. The van der Waals surface area contributed by atoms with E-state index in [1.165, 1.54) is 11.8 Å². The van der Waals surface area contributed by atoms with Crippen LogP contribution in [0.5, 0.6) is 0 Å². The van der Waals surface area contributed by atoms with Crippen LogP contribution in [0.2, 0.25) is 0 Å². The van der Waals surface area contributed by atoms with Crippen molar-refractivity contribution in [2.45, 2.75) is 32.5 Å². The summed E-state index contributed by atoms with van der Waals surface area (Å²) in [6.45, 7) is 6.82. The molecule has 0 amide bonds. The molecule has 2 aromatic heterocycles. The first kappa shape index (κ1) is 16.9. The Bertz CT molecular complexity index is 853. The number of benzene rings is 1. The van der Waals surface area contributed by atoms with E-state index in [0.717, 1.165) is 39.1 Å². The molecule has 0 spiro atoms. The summed E-state index contributed by atoms with van der Waals surface area (Å²) in [6, 6.07) is 10.0. The van der Waals surface area contributed by atoms with E-state index in [1.54, 1.807) is 11.3 Å². The molecule has 0 atom stereocenters. The molecular weight excluding hydrogens is 338 g/mol. The van der Waals surface area contributed by atoms with Crippen molar-refractivity contribution in [3.8, 4) is 10.7 Å². The van der Waals surface area contributed by atoms with Crippen molar-refractivity contribution in [3.63, 3.8) is 0 Å². The predicted octanol–water partition coefficient (Wildman–Crippen LogP) is 4.62. The number of carbonyl (C=O) groups is 1. The second-order valence-corrected chi connectivity index (χ2v) is 7.45. The van der Waals surface area contributed by atoms with Gasteiger partial charge in [0.15, 0.2) is 16.8 Å². The Morgan fingerprint density at radius 2 is 2.08 bits per heavy atom. The van der Waals surface area contributed by atoms with Gasteiger partial charge in [-0.1, -0.05) is 35.5 Å². The van der Waals surface area contributed by atoms with Gasteiger partial charge in [0, 0.05) is 12.1 Å². The highest BCUT2D eigenvalue weighted by atomic mass is 32.2. The SMILES string of the molecule is CCn1c(SCC(=O)c2cc(C)ccc2C)nnc1-c1cccs1. The van der Waals surface area contributed by atoms with Gasteiger partial charge in [-0.25, -0.2) is 0 Å². The zero-order valence-electron chi connectivity index (χ0n) is 13.9. The van der Waals surface area contributed by atoms with Crippen LogP contribution in [0.3, 0.4) is 0 Å². The van der Waals surface area contributed by atoms with Crippen LogP contribution in [-0.4, -0.2) is 26.3 Å². The predicted molar refractivity (Wildman–Crippen MR) is 100.0 cm³/mol. The lowest BCUT2D eigenvalue weighted by Gasteiger charge is -2.07. The van der Waals surface area contributed by atoms with E-state index in [2.05, 4.69) is 21.7 Å². The van der Waals surface area contributed by atoms with E-state index >= 15 is 0 Å². The fourth-order valence-corrected chi connectivity index (χ4v) is 4.12. The molecule has 0 aliphatic carbocycles. The van der Waals surface area contributed by atoms with E-state index in [9.17, 15) is 4.79 Å². The lowest BCUT2D eigenvalue weighted by molar-refractivity contribution is 0.102. The first-order valence-electron chi connectivity index (χ1n) is 7.80. The smallest absolute Gasteiger partial charge is 0.191 e. The summed E-state index contributed by atoms with van der Waals surface area (Å²) in [4.78, 5) is 13.6. The third-order valence-corrected chi connectivity index (χ3v) is 5.63. The van der Waals surface area contributed by atoms with Gasteiger partial charge >= 0.3 is 0 Å². The summed E-state index contributed by atoms with van der Waals surface area (Å²) >= 11 is 3.10. The topological polar surface area (TPSA) is 47.8 Å². The number of nitrogens with zero attached hydrogens (tertiary/aromatic N) is 3. The highest BCUT2D eigenvalue weighted by Gasteiger charge is 2.16. The molecule has 0 unspecified atom stereocenters. The molecule has 1 aromatic carbocycles. The Balaban J connectivity index is 1.77. The van der Waals surface area contributed by atoms with Gasteiger partial charge in [-0.2, -0.15) is 0 Å². The molecule has 4 nitrogen and oxygen atoms in total. The van der Waals surface area contributed by atoms with E-state index in [-0.39, 0.29) is 5.78 Å². The molecule has 0 radical (unpaired) electrons. The fraction of sp³-hybridized carbons (Fsp3) is 0.278. The highest BCUT2D eigenvalue weighted by molar-refractivity contribution is 7.99. The number of aryl methyl sites for hydroxylation is 2. The van der Waals surface area contributed by atoms with Crippen LogP contribution in [-0.2, 0) is 6.54 Å². The summed E-state index contributed by atoms with van der Waals surface area (Å²) in [7, 11) is 0. The van der Waals surface area contributed by atoms with Crippen molar-refractivity contribution < 1.29 is 4.79 Å². The normalized spacial score (nSPS) is 11.0. The van der Waals surface area contributed by atoms with E-state index < -0.39 is 0 Å². The van der Waals surface area contributed by atoms with Crippen molar-refractivity contribution in [2.24, 2.45) is 0 Å². The van der Waals surface area contributed by atoms with Crippen LogP contribution in [0.1, 0.15) is 28.4 Å². The zero-order chi connectivity index (χ0) is 17.1. The van der Waals surface area contributed by atoms with Crippen LogP contribution >= 0.6 is 23.1 Å².